The van der Waals surface area contributed by atoms with E-state index in [0.29, 0.717) is 0 Å². The number of piperidine rings is 1. The third-order valence-electron chi connectivity index (χ3n) is 7.34. The highest BCUT2D eigenvalue weighted by Crippen LogP contribution is 2.30. The molecule has 0 radical (unpaired) electrons. The van der Waals surface area contributed by atoms with Gasteiger partial charge in [-0.3, -0.25) is 10.00 Å². The fourth-order valence-electron chi connectivity index (χ4n) is 5.29. The molecule has 8 heteroatoms. The van der Waals surface area contributed by atoms with Gasteiger partial charge < -0.3 is 19.5 Å². The van der Waals surface area contributed by atoms with Gasteiger partial charge in [0.05, 0.1) is 23.7 Å². The number of aromatic amines is 2. The zero-order valence-electron chi connectivity index (χ0n) is 19.3. The molecule has 2 aromatic heterocycles. The normalized spacial score (nSPS) is 19.0. The fraction of sp³-hybridized carbons (Fsp3) is 0.440. The van der Waals surface area contributed by atoms with E-state index in [2.05, 4.69) is 55.1 Å². The SMILES string of the molecule is COc1ccc2c(-c3nc4cc(N5CCC(N6CCN(C)CC6)CC5)ccc4[nH]3)n[nH]c2c1. The first kappa shape index (κ1) is 20.5. The van der Waals surface area contributed by atoms with Gasteiger partial charge in [0.1, 0.15) is 11.4 Å². The first-order valence-electron chi connectivity index (χ1n) is 11.9. The zero-order valence-corrected chi connectivity index (χ0v) is 19.3. The molecule has 2 aromatic carbocycles. The number of fused-ring (bicyclic) bond motifs is 2. The minimum absolute atomic E-state index is 0.724. The standard InChI is InChI=1S/C25H31N7O/c1-30-11-13-32(14-12-30)17-7-9-31(10-8-17)18-3-6-21-23(15-18)27-25(26-21)24-20-5-4-19(33-2)16-22(20)28-29-24/h3-6,15-17H,7-14H2,1-2H3,(H,26,27)(H,28,29). The molecular weight excluding hydrogens is 414 g/mol. The number of likely N-dealkylation sites (N-methyl/N-ethyl adjacent to an activating group) is 1. The van der Waals surface area contributed by atoms with Crippen LogP contribution in [0.25, 0.3) is 33.5 Å². The number of hydrogen-bond acceptors (Lipinski definition) is 6. The van der Waals surface area contributed by atoms with E-state index in [9.17, 15) is 0 Å². The number of piperazine rings is 1. The van der Waals surface area contributed by atoms with Gasteiger partial charge in [-0.25, -0.2) is 4.98 Å². The lowest BCUT2D eigenvalue weighted by atomic mass is 10.0. The van der Waals surface area contributed by atoms with Crippen molar-refractivity contribution in [1.82, 2.24) is 30.0 Å². The van der Waals surface area contributed by atoms with Crippen molar-refractivity contribution in [3.8, 4) is 17.3 Å². The highest BCUT2D eigenvalue weighted by Gasteiger charge is 2.27. The first-order chi connectivity index (χ1) is 16.2. The minimum Gasteiger partial charge on any atom is -0.497 e. The monoisotopic (exact) mass is 445 g/mol. The van der Waals surface area contributed by atoms with Crippen LogP contribution < -0.4 is 9.64 Å². The molecule has 8 nitrogen and oxygen atoms in total. The summed E-state index contributed by atoms with van der Waals surface area (Å²) in [7, 11) is 3.90. The number of rotatable bonds is 4. The van der Waals surface area contributed by atoms with Crippen LogP contribution in [0.5, 0.6) is 5.75 Å². The molecule has 2 aliphatic heterocycles. The van der Waals surface area contributed by atoms with Gasteiger partial charge in [-0.15, -0.1) is 0 Å². The molecule has 33 heavy (non-hydrogen) atoms. The summed E-state index contributed by atoms with van der Waals surface area (Å²) in [5, 5.41) is 8.64. The fourth-order valence-corrected chi connectivity index (χ4v) is 5.29. The second kappa shape index (κ2) is 8.35. The van der Waals surface area contributed by atoms with Crippen molar-refractivity contribution in [2.45, 2.75) is 18.9 Å². The predicted molar refractivity (Wildman–Crippen MR) is 132 cm³/mol. The van der Waals surface area contributed by atoms with E-state index in [0.717, 1.165) is 58.3 Å². The Hall–Kier alpha value is -3.10. The van der Waals surface area contributed by atoms with Crippen molar-refractivity contribution in [1.29, 1.82) is 0 Å². The van der Waals surface area contributed by atoms with Gasteiger partial charge in [-0.2, -0.15) is 5.10 Å². The molecule has 2 aliphatic rings. The van der Waals surface area contributed by atoms with E-state index in [1.165, 1.54) is 44.7 Å². The molecule has 2 fully saturated rings. The third-order valence-corrected chi connectivity index (χ3v) is 7.34. The Morgan fingerprint density at radius 3 is 2.55 bits per heavy atom. The van der Waals surface area contributed by atoms with E-state index in [1.54, 1.807) is 7.11 Å². The number of imidazole rings is 1. The lowest BCUT2D eigenvalue weighted by molar-refractivity contribution is 0.0982. The summed E-state index contributed by atoms with van der Waals surface area (Å²) in [5.74, 6) is 1.59. The average Bonchev–Trinajstić information content (AvgIpc) is 3.47. The molecule has 2 N–H and O–H groups in total. The molecule has 172 valence electrons. The molecule has 0 unspecified atom stereocenters. The summed E-state index contributed by atoms with van der Waals surface area (Å²) in [6, 6.07) is 13.2. The highest BCUT2D eigenvalue weighted by atomic mass is 16.5. The Balaban J connectivity index is 1.19. The van der Waals surface area contributed by atoms with Crippen molar-refractivity contribution in [3.05, 3.63) is 36.4 Å². The Morgan fingerprint density at radius 2 is 1.76 bits per heavy atom. The maximum Gasteiger partial charge on any atom is 0.159 e. The molecular formula is C25H31N7O. The van der Waals surface area contributed by atoms with Crippen LogP contribution in [0.15, 0.2) is 36.4 Å². The smallest absolute Gasteiger partial charge is 0.159 e. The number of aromatic nitrogens is 4. The number of anilines is 1. The Morgan fingerprint density at radius 1 is 0.939 bits per heavy atom. The van der Waals surface area contributed by atoms with Crippen LogP contribution in [0.3, 0.4) is 0 Å². The maximum absolute atomic E-state index is 5.32. The molecule has 0 aliphatic carbocycles. The van der Waals surface area contributed by atoms with Gasteiger partial charge in [0.2, 0.25) is 0 Å². The maximum atomic E-state index is 5.32. The number of benzene rings is 2. The van der Waals surface area contributed by atoms with Gasteiger partial charge in [0.25, 0.3) is 0 Å². The van der Waals surface area contributed by atoms with Crippen LogP contribution in [-0.4, -0.2) is 89.4 Å². The molecule has 6 rings (SSSR count). The number of nitrogens with one attached hydrogen (secondary N) is 2. The number of nitrogens with zero attached hydrogens (tertiary/aromatic N) is 5. The van der Waals surface area contributed by atoms with E-state index in [-0.39, 0.29) is 0 Å². The molecule has 0 saturated carbocycles. The van der Waals surface area contributed by atoms with Crippen LogP contribution in [0.1, 0.15) is 12.8 Å². The molecule has 4 aromatic rings. The quantitative estimate of drug-likeness (QED) is 0.502. The van der Waals surface area contributed by atoms with Crippen LogP contribution >= 0.6 is 0 Å². The van der Waals surface area contributed by atoms with Crippen LogP contribution in [0.2, 0.25) is 0 Å². The van der Waals surface area contributed by atoms with Gasteiger partial charge >= 0.3 is 0 Å². The second-order valence-corrected chi connectivity index (χ2v) is 9.33. The Bertz CT molecular complexity index is 1260. The van der Waals surface area contributed by atoms with Gasteiger partial charge in [-0.1, -0.05) is 0 Å². The van der Waals surface area contributed by atoms with Crippen molar-refractivity contribution >= 4 is 27.6 Å². The lowest BCUT2D eigenvalue weighted by Crippen LogP contribution is -2.52. The van der Waals surface area contributed by atoms with Crippen molar-refractivity contribution in [3.63, 3.8) is 0 Å². The molecule has 0 bridgehead atoms. The topological polar surface area (TPSA) is 76.3 Å². The average molecular weight is 446 g/mol. The summed E-state index contributed by atoms with van der Waals surface area (Å²) in [5.41, 5.74) is 5.04. The van der Waals surface area contributed by atoms with E-state index in [1.807, 2.05) is 18.2 Å². The Labute approximate surface area is 193 Å². The molecule has 0 spiro atoms. The van der Waals surface area contributed by atoms with Crippen LogP contribution in [0, 0.1) is 0 Å². The number of H-pyrrole nitrogens is 2. The number of methoxy groups -OCH3 is 1. The summed E-state index contributed by atoms with van der Waals surface area (Å²) in [6.45, 7) is 7.00. The zero-order chi connectivity index (χ0) is 22.4. The predicted octanol–water partition coefficient (Wildman–Crippen LogP) is 3.33. The summed E-state index contributed by atoms with van der Waals surface area (Å²) in [6.07, 6.45) is 2.46. The van der Waals surface area contributed by atoms with Crippen LogP contribution in [-0.2, 0) is 0 Å². The Kier molecular flexibility index (Phi) is 5.19. The lowest BCUT2D eigenvalue weighted by Gasteiger charge is -2.42. The number of ether oxygens (including phenoxy) is 1. The van der Waals surface area contributed by atoms with Crippen LogP contribution in [0.4, 0.5) is 5.69 Å². The van der Waals surface area contributed by atoms with E-state index in [4.69, 9.17) is 9.72 Å². The van der Waals surface area contributed by atoms with E-state index >= 15 is 0 Å². The van der Waals surface area contributed by atoms with Gasteiger partial charge in [0.15, 0.2) is 5.82 Å². The molecule has 4 heterocycles. The summed E-state index contributed by atoms with van der Waals surface area (Å²) in [4.78, 5) is 16.0. The second-order valence-electron chi connectivity index (χ2n) is 9.33. The van der Waals surface area contributed by atoms with E-state index < -0.39 is 0 Å². The first-order valence-corrected chi connectivity index (χ1v) is 11.9. The summed E-state index contributed by atoms with van der Waals surface area (Å²) >= 11 is 0. The molecule has 0 amide bonds. The summed E-state index contributed by atoms with van der Waals surface area (Å²) < 4.78 is 5.32. The largest absolute Gasteiger partial charge is 0.497 e. The van der Waals surface area contributed by atoms with Crippen molar-refractivity contribution in [2.75, 3.05) is 58.3 Å². The third kappa shape index (κ3) is 3.83. The molecule has 2 saturated heterocycles. The van der Waals surface area contributed by atoms with Gasteiger partial charge in [-0.05, 0) is 50.2 Å². The molecule has 0 atom stereocenters. The van der Waals surface area contributed by atoms with Crippen molar-refractivity contribution < 1.29 is 4.74 Å². The minimum atomic E-state index is 0.724. The highest BCUT2D eigenvalue weighted by molar-refractivity contribution is 5.94. The number of hydrogen-bond donors (Lipinski definition) is 2. The van der Waals surface area contributed by atoms with Gasteiger partial charge in [0, 0.05) is 62.5 Å². The van der Waals surface area contributed by atoms with Crippen molar-refractivity contribution in [2.24, 2.45) is 0 Å².